The molecule has 2 aromatic rings. The molecule has 1 aromatic heterocycles. The van der Waals surface area contributed by atoms with Crippen molar-refractivity contribution < 1.29 is 18.6 Å². The minimum absolute atomic E-state index is 0.00462. The molecule has 6 nitrogen and oxygen atoms in total. The van der Waals surface area contributed by atoms with E-state index in [0.29, 0.717) is 30.9 Å². The molecule has 7 heteroatoms. The van der Waals surface area contributed by atoms with E-state index in [4.69, 9.17) is 20.8 Å². The average Bonchev–Trinajstić information content (AvgIpc) is 2.63. The molecule has 1 aliphatic carbocycles. The molecule has 4 rings (SSSR count). The number of hydrogen-bond donors (Lipinski definition) is 0. The summed E-state index contributed by atoms with van der Waals surface area (Å²) in [7, 11) is 0. The highest BCUT2D eigenvalue weighted by molar-refractivity contribution is 5.48. The van der Waals surface area contributed by atoms with Crippen LogP contribution in [0.1, 0.15) is 19.3 Å². The molecule has 134 valence electrons. The maximum Gasteiger partial charge on any atom is 0.226 e. The molecule has 0 spiro atoms. The van der Waals surface area contributed by atoms with E-state index in [1.807, 2.05) is 0 Å². The Morgan fingerprint density at radius 2 is 1.88 bits per heavy atom. The Bertz CT molecular complexity index is 817. The Morgan fingerprint density at radius 1 is 1.12 bits per heavy atom. The van der Waals surface area contributed by atoms with Gasteiger partial charge in [-0.15, -0.1) is 0 Å². The lowest BCUT2D eigenvalue weighted by molar-refractivity contribution is -0.0918. The summed E-state index contributed by atoms with van der Waals surface area (Å²) in [4.78, 5) is 11.4. The van der Waals surface area contributed by atoms with Crippen LogP contribution in [-0.4, -0.2) is 29.3 Å². The van der Waals surface area contributed by atoms with E-state index in [-0.39, 0.29) is 23.4 Å². The number of halogens is 1. The van der Waals surface area contributed by atoms with Crippen LogP contribution in [0.25, 0.3) is 4.85 Å². The Morgan fingerprint density at radius 3 is 2.62 bits per heavy atom. The van der Waals surface area contributed by atoms with Crippen LogP contribution in [-0.2, 0) is 4.74 Å². The normalized spacial score (nSPS) is 24.5. The molecule has 2 bridgehead atoms. The second-order valence-corrected chi connectivity index (χ2v) is 6.59. The van der Waals surface area contributed by atoms with Crippen molar-refractivity contribution in [3.05, 3.63) is 47.8 Å². The van der Waals surface area contributed by atoms with Gasteiger partial charge in [0.05, 0.1) is 25.9 Å². The molecule has 0 radical (unpaired) electrons. The van der Waals surface area contributed by atoms with Gasteiger partial charge in [0.25, 0.3) is 0 Å². The van der Waals surface area contributed by atoms with Gasteiger partial charge in [0.15, 0.2) is 17.3 Å². The smallest absolute Gasteiger partial charge is 0.226 e. The standard InChI is InChI=1S/C19H18FN3O3/c1-21-14-5-6-16(15(20)7-14)25-17-8-18(23-11-22-17)26-19-12-3-2-4-13(19)10-24-9-12/h5-8,11-13,19H,2-4,9-10H2. The largest absolute Gasteiger partial charge is 0.473 e. The lowest BCUT2D eigenvalue weighted by Crippen LogP contribution is -2.46. The van der Waals surface area contributed by atoms with Gasteiger partial charge in [0.1, 0.15) is 12.4 Å². The summed E-state index contributed by atoms with van der Waals surface area (Å²) >= 11 is 0. The highest BCUT2D eigenvalue weighted by Crippen LogP contribution is 2.36. The van der Waals surface area contributed by atoms with Crippen LogP contribution >= 0.6 is 0 Å². The zero-order chi connectivity index (χ0) is 17.9. The van der Waals surface area contributed by atoms with Crippen molar-refractivity contribution in [2.45, 2.75) is 25.4 Å². The van der Waals surface area contributed by atoms with Crippen molar-refractivity contribution in [1.29, 1.82) is 0 Å². The molecule has 2 heterocycles. The fraction of sp³-hybridized carbons (Fsp3) is 0.421. The molecule has 2 fully saturated rings. The van der Waals surface area contributed by atoms with E-state index in [2.05, 4.69) is 14.8 Å². The van der Waals surface area contributed by atoms with Gasteiger partial charge >= 0.3 is 0 Å². The third-order valence-electron chi connectivity index (χ3n) is 4.88. The van der Waals surface area contributed by atoms with E-state index in [0.717, 1.165) is 18.9 Å². The second kappa shape index (κ2) is 7.26. The average molecular weight is 355 g/mol. The van der Waals surface area contributed by atoms with Gasteiger partial charge in [0, 0.05) is 11.8 Å². The minimum Gasteiger partial charge on any atom is -0.473 e. The molecule has 26 heavy (non-hydrogen) atoms. The molecular formula is C19H18FN3O3. The van der Waals surface area contributed by atoms with Crippen molar-refractivity contribution in [3.8, 4) is 17.5 Å². The van der Waals surface area contributed by atoms with Gasteiger partial charge in [-0.05, 0) is 25.0 Å². The molecule has 2 aliphatic rings. The summed E-state index contributed by atoms with van der Waals surface area (Å²) in [6.45, 7) is 8.34. The molecule has 1 aliphatic heterocycles. The maximum atomic E-state index is 14.0. The number of nitrogens with zero attached hydrogens (tertiary/aromatic N) is 3. The summed E-state index contributed by atoms with van der Waals surface area (Å²) in [6.07, 6.45) is 4.81. The molecule has 1 aromatic carbocycles. The highest BCUT2D eigenvalue weighted by atomic mass is 19.1. The molecule has 0 N–H and O–H groups in total. The van der Waals surface area contributed by atoms with Gasteiger partial charge in [-0.1, -0.05) is 12.5 Å². The first kappa shape index (κ1) is 16.7. The Labute approximate surface area is 150 Å². The SMILES string of the molecule is [C-]#[N+]c1ccc(Oc2cc(OC3C4CCCC3COC4)ncn2)c(F)c1. The molecule has 1 saturated carbocycles. The first-order valence-corrected chi connectivity index (χ1v) is 8.64. The number of hydrogen-bond acceptors (Lipinski definition) is 5. The number of aromatic nitrogens is 2. The van der Waals surface area contributed by atoms with Crippen LogP contribution in [0.3, 0.4) is 0 Å². The summed E-state index contributed by atoms with van der Waals surface area (Å²) < 4.78 is 31.3. The fourth-order valence-electron chi connectivity index (χ4n) is 3.61. The first-order valence-electron chi connectivity index (χ1n) is 8.64. The Kier molecular flexibility index (Phi) is 4.67. The van der Waals surface area contributed by atoms with Crippen molar-refractivity contribution in [2.75, 3.05) is 13.2 Å². The highest BCUT2D eigenvalue weighted by Gasteiger charge is 2.39. The van der Waals surface area contributed by atoms with Crippen molar-refractivity contribution in [2.24, 2.45) is 11.8 Å². The van der Waals surface area contributed by atoms with Gasteiger partial charge in [-0.2, -0.15) is 0 Å². The van der Waals surface area contributed by atoms with Crippen molar-refractivity contribution in [3.63, 3.8) is 0 Å². The van der Waals surface area contributed by atoms with Gasteiger partial charge in [0.2, 0.25) is 11.8 Å². The summed E-state index contributed by atoms with van der Waals surface area (Å²) in [5.74, 6) is 0.753. The van der Waals surface area contributed by atoms with Crippen molar-refractivity contribution in [1.82, 2.24) is 9.97 Å². The first-order chi connectivity index (χ1) is 12.7. The quantitative estimate of drug-likeness (QED) is 0.771. The molecule has 0 amide bonds. The summed E-state index contributed by atoms with van der Waals surface area (Å²) in [5, 5.41) is 0. The van der Waals surface area contributed by atoms with Gasteiger partial charge < -0.3 is 14.2 Å². The fourth-order valence-corrected chi connectivity index (χ4v) is 3.61. The number of fused-ring (bicyclic) bond motifs is 2. The Hall–Kier alpha value is -2.72. The third kappa shape index (κ3) is 3.46. The van der Waals surface area contributed by atoms with E-state index in [1.165, 1.54) is 24.9 Å². The van der Waals surface area contributed by atoms with Crippen LogP contribution in [0.5, 0.6) is 17.5 Å². The second-order valence-electron chi connectivity index (χ2n) is 6.59. The molecular weight excluding hydrogens is 337 g/mol. The zero-order valence-corrected chi connectivity index (χ0v) is 14.1. The Balaban J connectivity index is 1.49. The van der Waals surface area contributed by atoms with Crippen molar-refractivity contribution >= 4 is 5.69 Å². The lowest BCUT2D eigenvalue weighted by atomic mass is 9.78. The predicted molar refractivity (Wildman–Crippen MR) is 90.8 cm³/mol. The van der Waals surface area contributed by atoms with Crippen LogP contribution in [0.15, 0.2) is 30.6 Å². The van der Waals surface area contributed by atoms with E-state index >= 15 is 0 Å². The number of benzene rings is 1. The van der Waals surface area contributed by atoms with Gasteiger partial charge in [-0.25, -0.2) is 19.2 Å². The van der Waals surface area contributed by atoms with Crippen LogP contribution < -0.4 is 9.47 Å². The summed E-state index contributed by atoms with van der Waals surface area (Å²) in [5.41, 5.74) is 0.215. The predicted octanol–water partition coefficient (Wildman–Crippen LogP) is 4.15. The monoisotopic (exact) mass is 355 g/mol. The van der Waals surface area contributed by atoms with Crippen LogP contribution in [0.2, 0.25) is 0 Å². The van der Waals surface area contributed by atoms with Crippen LogP contribution in [0.4, 0.5) is 10.1 Å². The molecule has 2 atom stereocenters. The van der Waals surface area contributed by atoms with E-state index in [9.17, 15) is 4.39 Å². The summed E-state index contributed by atoms with van der Waals surface area (Å²) in [6, 6.07) is 5.60. The van der Waals surface area contributed by atoms with E-state index in [1.54, 1.807) is 6.07 Å². The third-order valence-corrected chi connectivity index (χ3v) is 4.88. The minimum atomic E-state index is -0.612. The topological polar surface area (TPSA) is 57.8 Å². The molecule has 1 saturated heterocycles. The maximum absolute atomic E-state index is 14.0. The number of ether oxygens (including phenoxy) is 3. The zero-order valence-electron chi connectivity index (χ0n) is 14.1. The molecule has 2 unspecified atom stereocenters. The lowest BCUT2D eigenvalue weighted by Gasteiger charge is -2.41. The van der Waals surface area contributed by atoms with E-state index < -0.39 is 5.82 Å². The van der Waals surface area contributed by atoms with Gasteiger partial charge in [-0.3, -0.25) is 0 Å². The number of rotatable bonds is 4. The van der Waals surface area contributed by atoms with Crippen LogP contribution in [0, 0.1) is 24.2 Å².